The van der Waals surface area contributed by atoms with Crippen LogP contribution in [0.25, 0.3) is 0 Å². The van der Waals surface area contributed by atoms with Crippen molar-refractivity contribution in [3.8, 4) is 0 Å². The predicted molar refractivity (Wildman–Crippen MR) is 88.7 cm³/mol. The Kier molecular flexibility index (Phi) is 5.37. The van der Waals surface area contributed by atoms with Crippen LogP contribution in [0.5, 0.6) is 0 Å². The van der Waals surface area contributed by atoms with Crippen LogP contribution in [0.4, 0.5) is 4.79 Å². The lowest BCUT2D eigenvalue weighted by Gasteiger charge is -2.25. The first-order valence-electron chi connectivity index (χ1n) is 8.57. The van der Waals surface area contributed by atoms with E-state index in [0.717, 1.165) is 24.4 Å². The molecular formula is C17H24N4O4. The summed E-state index contributed by atoms with van der Waals surface area (Å²) in [5.41, 5.74) is 0. The van der Waals surface area contributed by atoms with E-state index in [-0.39, 0.29) is 18.1 Å². The van der Waals surface area contributed by atoms with Crippen LogP contribution in [-0.4, -0.2) is 34.7 Å². The third kappa shape index (κ3) is 3.84. The molecule has 8 heteroatoms. The van der Waals surface area contributed by atoms with Gasteiger partial charge in [0, 0.05) is 20.6 Å². The van der Waals surface area contributed by atoms with Crippen LogP contribution in [0.1, 0.15) is 61.5 Å². The zero-order valence-electron chi connectivity index (χ0n) is 14.8. The van der Waals surface area contributed by atoms with E-state index in [0.29, 0.717) is 31.3 Å². The number of aryl methyl sites for hydroxylation is 1. The van der Waals surface area contributed by atoms with Crippen LogP contribution in [-0.2, 0) is 11.3 Å². The van der Waals surface area contributed by atoms with Crippen LogP contribution < -0.4 is 5.32 Å². The maximum Gasteiger partial charge on any atom is 0.318 e. The summed E-state index contributed by atoms with van der Waals surface area (Å²) in [6.45, 7) is 4.82. The predicted octanol–water partition coefficient (Wildman–Crippen LogP) is 3.12. The molecule has 2 atom stereocenters. The van der Waals surface area contributed by atoms with Gasteiger partial charge in [0.2, 0.25) is 5.89 Å². The molecule has 1 saturated heterocycles. The summed E-state index contributed by atoms with van der Waals surface area (Å²) in [5, 5.41) is 6.92. The van der Waals surface area contributed by atoms with Gasteiger partial charge in [0.05, 0.1) is 12.1 Å². The fourth-order valence-corrected chi connectivity index (χ4v) is 3.14. The summed E-state index contributed by atoms with van der Waals surface area (Å²) < 4.78 is 15.9. The van der Waals surface area contributed by atoms with Crippen molar-refractivity contribution >= 4 is 6.03 Å². The Morgan fingerprint density at radius 1 is 1.52 bits per heavy atom. The number of nitrogens with one attached hydrogen (secondary N) is 1. The lowest BCUT2D eigenvalue weighted by molar-refractivity contribution is 0.155. The lowest BCUT2D eigenvalue weighted by atomic mass is 10.1. The first kappa shape index (κ1) is 17.5. The molecule has 3 rings (SSSR count). The molecule has 0 aromatic carbocycles. The first-order valence-corrected chi connectivity index (χ1v) is 8.57. The monoisotopic (exact) mass is 348 g/mol. The minimum absolute atomic E-state index is 0.0601. The molecule has 0 saturated carbocycles. The van der Waals surface area contributed by atoms with Gasteiger partial charge in [-0.2, -0.15) is 4.98 Å². The van der Waals surface area contributed by atoms with Crippen LogP contribution in [0.3, 0.4) is 0 Å². The number of likely N-dealkylation sites (tertiary alicyclic amines) is 1. The summed E-state index contributed by atoms with van der Waals surface area (Å²) in [5.74, 6) is 2.55. The molecule has 0 radical (unpaired) electrons. The molecule has 8 nitrogen and oxygen atoms in total. The minimum atomic E-state index is -0.271. The number of ether oxygens (including phenoxy) is 1. The number of carbonyl (C=O) groups excluding carboxylic acids is 1. The van der Waals surface area contributed by atoms with Crippen LogP contribution in [0, 0.1) is 6.92 Å². The number of rotatable bonds is 6. The smallest absolute Gasteiger partial charge is 0.318 e. The Balaban J connectivity index is 1.69. The zero-order valence-corrected chi connectivity index (χ0v) is 14.8. The van der Waals surface area contributed by atoms with E-state index in [1.807, 2.05) is 24.0 Å². The molecule has 136 valence electrons. The third-order valence-corrected chi connectivity index (χ3v) is 4.37. The Hall–Kier alpha value is -2.35. The minimum Gasteiger partial charge on any atom is -0.461 e. The molecule has 25 heavy (non-hydrogen) atoms. The number of aromatic nitrogens is 2. The average molecular weight is 348 g/mol. The molecule has 1 aliphatic rings. The summed E-state index contributed by atoms with van der Waals surface area (Å²) >= 11 is 0. The van der Waals surface area contributed by atoms with Crippen LogP contribution in [0.2, 0.25) is 0 Å². The summed E-state index contributed by atoms with van der Waals surface area (Å²) in [6, 6.07) is 3.35. The Labute approximate surface area is 146 Å². The fourth-order valence-electron chi connectivity index (χ4n) is 3.14. The summed E-state index contributed by atoms with van der Waals surface area (Å²) in [7, 11) is 1.63. The summed E-state index contributed by atoms with van der Waals surface area (Å²) in [4.78, 5) is 18.8. The highest BCUT2D eigenvalue weighted by Gasteiger charge is 2.33. The lowest BCUT2D eigenvalue weighted by Crippen LogP contribution is -2.41. The van der Waals surface area contributed by atoms with Gasteiger partial charge in [-0.3, -0.25) is 0 Å². The van der Waals surface area contributed by atoms with Gasteiger partial charge in [-0.15, -0.1) is 0 Å². The van der Waals surface area contributed by atoms with Crippen molar-refractivity contribution in [3.05, 3.63) is 35.4 Å². The maximum atomic E-state index is 12.8. The van der Waals surface area contributed by atoms with E-state index in [1.54, 1.807) is 14.0 Å². The molecule has 1 aliphatic heterocycles. The van der Waals surface area contributed by atoms with Crippen molar-refractivity contribution in [2.45, 2.75) is 51.8 Å². The van der Waals surface area contributed by atoms with Crippen molar-refractivity contribution < 1.29 is 18.5 Å². The number of methoxy groups -OCH3 is 1. The number of amides is 2. The number of hydrogen-bond acceptors (Lipinski definition) is 6. The van der Waals surface area contributed by atoms with Gasteiger partial charge >= 0.3 is 6.03 Å². The molecule has 0 spiro atoms. The highest BCUT2D eigenvalue weighted by atomic mass is 16.5. The van der Waals surface area contributed by atoms with Gasteiger partial charge in [-0.1, -0.05) is 12.1 Å². The molecular weight excluding hydrogens is 324 g/mol. The van der Waals surface area contributed by atoms with Gasteiger partial charge in [-0.05, 0) is 31.4 Å². The van der Waals surface area contributed by atoms with Crippen molar-refractivity contribution in [3.63, 3.8) is 0 Å². The van der Waals surface area contributed by atoms with Crippen LogP contribution in [0.15, 0.2) is 21.1 Å². The van der Waals surface area contributed by atoms with Gasteiger partial charge in [-0.25, -0.2) is 4.79 Å². The SMILES string of the molecule is CCC(NC(=O)N1CCCC1c1ccc(COC)o1)c1noc(C)n1. The topological polar surface area (TPSA) is 93.6 Å². The highest BCUT2D eigenvalue weighted by molar-refractivity contribution is 5.75. The Morgan fingerprint density at radius 2 is 2.36 bits per heavy atom. The number of nitrogens with zero attached hydrogens (tertiary/aromatic N) is 3. The number of hydrogen-bond donors (Lipinski definition) is 1. The normalized spacial score (nSPS) is 18.5. The maximum absolute atomic E-state index is 12.8. The van der Waals surface area contributed by atoms with Gasteiger partial charge in [0.25, 0.3) is 0 Å². The molecule has 2 aromatic heterocycles. The molecule has 2 unspecified atom stereocenters. The van der Waals surface area contributed by atoms with E-state index in [2.05, 4.69) is 15.5 Å². The third-order valence-electron chi connectivity index (χ3n) is 4.37. The first-order chi connectivity index (χ1) is 12.1. The number of furan rings is 1. The number of urea groups is 1. The van der Waals surface area contributed by atoms with E-state index in [4.69, 9.17) is 13.7 Å². The van der Waals surface area contributed by atoms with E-state index in [9.17, 15) is 4.79 Å². The van der Waals surface area contributed by atoms with Crippen LogP contribution >= 0.6 is 0 Å². The second kappa shape index (κ2) is 7.69. The van der Waals surface area contributed by atoms with Crippen molar-refractivity contribution in [1.29, 1.82) is 0 Å². The second-order valence-corrected chi connectivity index (χ2v) is 6.17. The van der Waals surface area contributed by atoms with E-state index in [1.165, 1.54) is 0 Å². The molecule has 2 aromatic rings. The Bertz CT molecular complexity index is 711. The van der Waals surface area contributed by atoms with E-state index >= 15 is 0 Å². The largest absolute Gasteiger partial charge is 0.461 e. The van der Waals surface area contributed by atoms with Crippen molar-refractivity contribution in [2.75, 3.05) is 13.7 Å². The number of carbonyl (C=O) groups is 1. The molecule has 0 aliphatic carbocycles. The average Bonchev–Trinajstić information content (AvgIpc) is 3.32. The van der Waals surface area contributed by atoms with Gasteiger partial charge < -0.3 is 23.9 Å². The quantitative estimate of drug-likeness (QED) is 0.862. The van der Waals surface area contributed by atoms with Gasteiger partial charge in [0.15, 0.2) is 5.82 Å². The molecule has 0 bridgehead atoms. The standard InChI is InChI=1S/C17H24N4O4/c1-4-13(16-18-11(2)25-20-16)19-17(22)21-9-5-6-14(21)15-8-7-12(24-15)10-23-3/h7-8,13-14H,4-6,9-10H2,1-3H3,(H,19,22). The molecule has 1 fully saturated rings. The zero-order chi connectivity index (χ0) is 17.8. The second-order valence-electron chi connectivity index (χ2n) is 6.17. The van der Waals surface area contributed by atoms with E-state index < -0.39 is 0 Å². The van der Waals surface area contributed by atoms with Gasteiger partial charge in [0.1, 0.15) is 18.1 Å². The van der Waals surface area contributed by atoms with Crippen molar-refractivity contribution in [1.82, 2.24) is 20.4 Å². The highest BCUT2D eigenvalue weighted by Crippen LogP contribution is 2.33. The molecule has 1 N–H and O–H groups in total. The molecule has 3 heterocycles. The van der Waals surface area contributed by atoms with Crippen molar-refractivity contribution in [2.24, 2.45) is 0 Å². The summed E-state index contributed by atoms with van der Waals surface area (Å²) in [6.07, 6.45) is 2.50. The fraction of sp³-hybridized carbons (Fsp3) is 0.588. The molecule has 2 amide bonds. The Morgan fingerprint density at radius 3 is 3.04 bits per heavy atom.